The molecule has 71 valence electrons. The summed E-state index contributed by atoms with van der Waals surface area (Å²) in [4.78, 5) is 0.648. The van der Waals surface area contributed by atoms with E-state index >= 15 is 0 Å². The minimum atomic E-state index is -3.58. The van der Waals surface area contributed by atoms with Crippen molar-refractivity contribution in [3.63, 3.8) is 0 Å². The Morgan fingerprint density at radius 2 is 2.08 bits per heavy atom. The van der Waals surface area contributed by atoms with Crippen LogP contribution in [0.25, 0.3) is 0 Å². The van der Waals surface area contributed by atoms with Crippen molar-refractivity contribution in [2.75, 3.05) is 12.4 Å². The van der Waals surface area contributed by atoms with Crippen LogP contribution >= 0.6 is 0 Å². The van der Waals surface area contributed by atoms with Gasteiger partial charge in [0, 0.05) is 13.0 Å². The second kappa shape index (κ2) is 2.92. The van der Waals surface area contributed by atoms with Crippen LogP contribution in [0.2, 0.25) is 0 Å². The van der Waals surface area contributed by atoms with Gasteiger partial charge in [-0.3, -0.25) is 0 Å². The van der Waals surface area contributed by atoms with Gasteiger partial charge in [-0.05, 0) is 6.42 Å². The molecule has 1 radical (unpaired) electrons. The van der Waals surface area contributed by atoms with Gasteiger partial charge in [0.15, 0.2) is 9.84 Å². The van der Waals surface area contributed by atoms with Gasteiger partial charge in [0.1, 0.15) is 5.88 Å². The Balaban J connectivity index is 2.65. The van der Waals surface area contributed by atoms with Gasteiger partial charge in [0.25, 0.3) is 0 Å². The summed E-state index contributed by atoms with van der Waals surface area (Å²) in [7, 11) is -3.58. The number of rotatable bonds is 2. The van der Waals surface area contributed by atoms with E-state index in [1.54, 1.807) is 0 Å². The molecule has 1 aliphatic rings. The second-order valence-corrected chi connectivity index (χ2v) is 4.65. The smallest absolute Gasteiger partial charge is 0.230 e. The van der Waals surface area contributed by atoms with Crippen molar-refractivity contribution < 1.29 is 17.2 Å². The number of halogens is 2. The molecule has 3 nitrogen and oxygen atoms in total. The van der Waals surface area contributed by atoms with Gasteiger partial charge in [-0.1, -0.05) is 0 Å². The minimum Gasteiger partial charge on any atom is -0.230 e. The number of likely N-dealkylation sites (tertiary alicyclic amines) is 1. The Hall–Kier alpha value is -0.230. The summed E-state index contributed by atoms with van der Waals surface area (Å²) in [6, 6.07) is -2.97. The first kappa shape index (κ1) is 9.85. The molecule has 0 spiro atoms. The monoisotopic (exact) mass is 198 g/mol. The van der Waals surface area contributed by atoms with Crippen LogP contribution < -0.4 is 0 Å². The van der Waals surface area contributed by atoms with Crippen LogP contribution in [-0.2, 0) is 9.84 Å². The fourth-order valence-corrected chi connectivity index (χ4v) is 1.99. The van der Waals surface area contributed by atoms with E-state index in [1.807, 2.05) is 0 Å². The van der Waals surface area contributed by atoms with Gasteiger partial charge < -0.3 is 0 Å². The molecule has 12 heavy (non-hydrogen) atoms. The summed E-state index contributed by atoms with van der Waals surface area (Å²) in [6.07, 6.45) is 2.87. The first-order valence-corrected chi connectivity index (χ1v) is 5.32. The number of hydrogen-bond acceptors (Lipinski definition) is 3. The Morgan fingerprint density at radius 3 is 2.42 bits per heavy atom. The number of sulfone groups is 1. The van der Waals surface area contributed by atoms with Gasteiger partial charge in [-0.2, -0.15) is 8.78 Å². The molecule has 0 aliphatic carbocycles. The fraction of sp³-hybridized carbons (Fsp3) is 0.833. The first-order valence-electron chi connectivity index (χ1n) is 3.50. The summed E-state index contributed by atoms with van der Waals surface area (Å²) in [6.45, 7) is 0.127. The van der Waals surface area contributed by atoms with Gasteiger partial charge in [-0.15, -0.1) is 0 Å². The Labute approximate surface area is 70.3 Å². The zero-order valence-corrected chi connectivity index (χ0v) is 7.28. The highest BCUT2D eigenvalue weighted by molar-refractivity contribution is 7.92. The molecule has 0 aromatic carbocycles. The third kappa shape index (κ3) is 2.38. The van der Waals surface area contributed by atoms with Crippen molar-refractivity contribution in [3.05, 3.63) is 6.26 Å². The summed E-state index contributed by atoms with van der Waals surface area (Å²) in [5, 5.41) is 0. The average Bonchev–Trinajstić information content (AvgIpc) is 2.07. The first-order chi connectivity index (χ1) is 5.31. The van der Waals surface area contributed by atoms with Crippen LogP contribution in [0.15, 0.2) is 0 Å². The molecule has 0 unspecified atom stereocenters. The minimum absolute atomic E-state index is 0.127. The largest absolute Gasteiger partial charge is 0.305 e. The maximum absolute atomic E-state index is 12.8. The molecular weight excluding hydrogens is 188 g/mol. The van der Waals surface area contributed by atoms with Crippen molar-refractivity contribution in [1.29, 1.82) is 0 Å². The Morgan fingerprint density at radius 1 is 1.50 bits per heavy atom. The number of hydrogen-bond donors (Lipinski definition) is 0. The summed E-state index contributed by atoms with van der Waals surface area (Å²) >= 11 is 0. The highest BCUT2D eigenvalue weighted by Crippen LogP contribution is 2.32. The van der Waals surface area contributed by atoms with E-state index < -0.39 is 21.8 Å². The third-order valence-corrected chi connectivity index (χ3v) is 2.43. The predicted molar refractivity (Wildman–Crippen MR) is 40.0 cm³/mol. The summed E-state index contributed by atoms with van der Waals surface area (Å²) in [5.41, 5.74) is 0. The highest BCUT2D eigenvalue weighted by Gasteiger charge is 2.42. The molecule has 6 heteroatoms. The molecule has 0 saturated carbocycles. The van der Waals surface area contributed by atoms with Crippen LogP contribution in [0.1, 0.15) is 12.8 Å². The Bertz CT molecular complexity index is 263. The third-order valence-electron chi connectivity index (χ3n) is 1.72. The van der Waals surface area contributed by atoms with Gasteiger partial charge >= 0.3 is 6.05 Å². The zero-order valence-electron chi connectivity index (χ0n) is 6.46. The average molecular weight is 198 g/mol. The second-order valence-electron chi connectivity index (χ2n) is 2.91. The molecule has 0 bridgehead atoms. The molecule has 0 amide bonds. The van der Waals surface area contributed by atoms with Crippen LogP contribution in [0.3, 0.4) is 0 Å². The normalized spacial score (nSPS) is 24.6. The van der Waals surface area contributed by atoms with E-state index in [0.29, 0.717) is 11.3 Å². The lowest BCUT2D eigenvalue weighted by molar-refractivity contribution is -0.109. The molecule has 0 aromatic heterocycles. The van der Waals surface area contributed by atoms with Crippen molar-refractivity contribution in [3.8, 4) is 0 Å². The van der Waals surface area contributed by atoms with E-state index in [4.69, 9.17) is 0 Å². The lowest BCUT2D eigenvalue weighted by atomic mass is 10.4. The van der Waals surface area contributed by atoms with Crippen LogP contribution in [0.4, 0.5) is 8.78 Å². The van der Waals surface area contributed by atoms with Gasteiger partial charge in [-0.25, -0.2) is 13.3 Å². The van der Waals surface area contributed by atoms with E-state index in [1.165, 1.54) is 0 Å². The highest BCUT2D eigenvalue weighted by atomic mass is 32.2. The lowest BCUT2D eigenvalue weighted by Gasteiger charge is -2.21. The molecule has 1 rings (SSSR count). The van der Waals surface area contributed by atoms with Gasteiger partial charge in [0.05, 0.1) is 6.26 Å². The van der Waals surface area contributed by atoms with Crippen molar-refractivity contribution in [1.82, 2.24) is 4.90 Å². The molecule has 1 aliphatic heterocycles. The molecule has 0 atom stereocenters. The fourth-order valence-electron chi connectivity index (χ4n) is 1.20. The van der Waals surface area contributed by atoms with Crippen molar-refractivity contribution in [2.45, 2.75) is 18.9 Å². The van der Waals surface area contributed by atoms with Crippen LogP contribution in [0, 0.1) is 6.26 Å². The maximum atomic E-state index is 12.8. The summed E-state index contributed by atoms with van der Waals surface area (Å²) < 4.78 is 46.7. The van der Waals surface area contributed by atoms with Crippen LogP contribution in [0.5, 0.6) is 0 Å². The van der Waals surface area contributed by atoms with Gasteiger partial charge in [0.2, 0.25) is 0 Å². The molecule has 1 fully saturated rings. The van der Waals surface area contributed by atoms with E-state index in [2.05, 4.69) is 6.26 Å². The molecule has 0 N–H and O–H groups in total. The van der Waals surface area contributed by atoms with Crippen molar-refractivity contribution in [2.24, 2.45) is 0 Å². The molecule has 1 heterocycles. The molecule has 1 saturated heterocycles. The topological polar surface area (TPSA) is 37.4 Å². The lowest BCUT2D eigenvalue weighted by Crippen LogP contribution is -2.38. The van der Waals surface area contributed by atoms with Crippen LogP contribution in [-0.4, -0.2) is 31.8 Å². The molecule has 0 aromatic rings. The number of alkyl halides is 2. The zero-order chi connectivity index (χ0) is 9.41. The van der Waals surface area contributed by atoms with E-state index in [9.17, 15) is 17.2 Å². The predicted octanol–water partition coefficient (Wildman–Crippen LogP) is 0.839. The van der Waals surface area contributed by atoms with Crippen molar-refractivity contribution >= 4 is 9.84 Å². The summed E-state index contributed by atoms with van der Waals surface area (Å²) in [5.74, 6) is -0.653. The quantitative estimate of drug-likeness (QED) is 0.617. The van der Waals surface area contributed by atoms with E-state index in [-0.39, 0.29) is 13.0 Å². The standard InChI is InChI=1S/C6H10F2NO2S/c1-12(10,11)5-9-4-2-3-6(9,7)8/h1-5H2. The molecular formula is C6H10F2NO2S. The Kier molecular flexibility index (Phi) is 2.40. The number of nitrogens with zero attached hydrogens (tertiary/aromatic N) is 1. The SMILES string of the molecule is [CH2]S(=O)(=O)CN1CCCC1(F)F. The maximum Gasteiger partial charge on any atom is 0.305 e. The van der Waals surface area contributed by atoms with E-state index in [0.717, 1.165) is 0 Å².